The fourth-order valence-corrected chi connectivity index (χ4v) is 2.85. The van der Waals surface area contributed by atoms with Crippen molar-refractivity contribution in [1.29, 1.82) is 0 Å². The van der Waals surface area contributed by atoms with E-state index in [1.807, 2.05) is 48.5 Å². The van der Waals surface area contributed by atoms with Gasteiger partial charge < -0.3 is 5.11 Å². The molecule has 21 heavy (non-hydrogen) atoms. The predicted octanol–water partition coefficient (Wildman–Crippen LogP) is 4.34. The molecule has 5 heteroatoms. The van der Waals surface area contributed by atoms with Gasteiger partial charge in [0.1, 0.15) is 0 Å². The minimum Gasteiger partial charge on any atom is -0.390 e. The molecule has 1 fully saturated rings. The molecule has 2 nitrogen and oxygen atoms in total. The molecule has 1 N–H and O–H groups in total. The largest absolute Gasteiger partial charge is 0.390 e. The van der Waals surface area contributed by atoms with Crippen LogP contribution in [0.15, 0.2) is 48.5 Å². The first-order valence-electron chi connectivity index (χ1n) is 6.56. The van der Waals surface area contributed by atoms with E-state index in [1.54, 1.807) is 0 Å². The predicted molar refractivity (Wildman–Crippen MR) is 92.6 cm³/mol. The standard InChI is InChI=1S/C16H15Cl2NO.BrH/c17-13-5-1-11(2-6-13)16(19-9-15(20)10-19)12-3-7-14(18)8-4-12;/h1-8,15-16,20H,9-10H2;1H. The van der Waals surface area contributed by atoms with Gasteiger partial charge in [-0.25, -0.2) is 0 Å². The molecule has 1 aliphatic rings. The summed E-state index contributed by atoms with van der Waals surface area (Å²) in [5.74, 6) is 0. The fourth-order valence-electron chi connectivity index (χ4n) is 2.60. The lowest BCUT2D eigenvalue weighted by atomic mass is 9.94. The van der Waals surface area contributed by atoms with Crippen LogP contribution in [0, 0.1) is 0 Å². The van der Waals surface area contributed by atoms with Gasteiger partial charge in [-0.05, 0) is 35.4 Å². The van der Waals surface area contributed by atoms with Crippen LogP contribution >= 0.6 is 40.2 Å². The number of benzene rings is 2. The average molecular weight is 389 g/mol. The molecule has 2 aromatic carbocycles. The Morgan fingerprint density at radius 2 is 1.24 bits per heavy atom. The van der Waals surface area contributed by atoms with E-state index < -0.39 is 0 Å². The van der Waals surface area contributed by atoms with E-state index in [0.717, 1.165) is 10.0 Å². The summed E-state index contributed by atoms with van der Waals surface area (Å²) < 4.78 is 0. The molecule has 2 aromatic rings. The molecule has 0 radical (unpaired) electrons. The Bertz CT molecular complexity index is 537. The smallest absolute Gasteiger partial charge is 0.0794 e. The fraction of sp³-hybridized carbons (Fsp3) is 0.250. The maximum Gasteiger partial charge on any atom is 0.0794 e. The molecule has 112 valence electrons. The molecule has 0 unspecified atom stereocenters. The first-order chi connectivity index (χ1) is 9.63. The van der Waals surface area contributed by atoms with Gasteiger partial charge in [-0.2, -0.15) is 0 Å². The Kier molecular flexibility index (Phi) is 5.69. The van der Waals surface area contributed by atoms with Crippen molar-refractivity contribution >= 4 is 40.2 Å². The van der Waals surface area contributed by atoms with Crippen molar-refractivity contribution in [2.45, 2.75) is 12.1 Å². The molecule has 3 rings (SSSR count). The van der Waals surface area contributed by atoms with Crippen LogP contribution in [0.25, 0.3) is 0 Å². The Morgan fingerprint density at radius 1 is 0.857 bits per heavy atom. The summed E-state index contributed by atoms with van der Waals surface area (Å²) in [5.41, 5.74) is 2.34. The van der Waals surface area contributed by atoms with Crippen molar-refractivity contribution in [3.05, 3.63) is 69.7 Å². The number of β-amino-alcohol motifs (C(OH)–C–C–N with tert-alkyl or cyclic N) is 1. The summed E-state index contributed by atoms with van der Waals surface area (Å²) in [4.78, 5) is 2.25. The highest BCUT2D eigenvalue weighted by Gasteiger charge is 2.32. The van der Waals surface area contributed by atoms with Crippen LogP contribution in [-0.4, -0.2) is 29.2 Å². The van der Waals surface area contributed by atoms with Gasteiger partial charge in [0.05, 0.1) is 12.1 Å². The van der Waals surface area contributed by atoms with Gasteiger partial charge in [-0.3, -0.25) is 4.90 Å². The Balaban J connectivity index is 0.00000161. The van der Waals surface area contributed by atoms with Gasteiger partial charge in [0.15, 0.2) is 0 Å². The van der Waals surface area contributed by atoms with Gasteiger partial charge >= 0.3 is 0 Å². The first-order valence-corrected chi connectivity index (χ1v) is 7.32. The number of hydrogen-bond donors (Lipinski definition) is 1. The van der Waals surface area contributed by atoms with Crippen LogP contribution in [0.5, 0.6) is 0 Å². The van der Waals surface area contributed by atoms with E-state index in [0.29, 0.717) is 13.1 Å². The minimum atomic E-state index is -0.225. The highest BCUT2D eigenvalue weighted by molar-refractivity contribution is 8.93. The summed E-state index contributed by atoms with van der Waals surface area (Å²) in [6, 6.07) is 15.9. The third-order valence-electron chi connectivity index (χ3n) is 3.63. The number of aliphatic hydroxyl groups excluding tert-OH is 1. The van der Waals surface area contributed by atoms with Gasteiger partial charge in [-0.15, -0.1) is 17.0 Å². The Labute approximate surface area is 145 Å². The molecule has 0 aromatic heterocycles. The van der Waals surface area contributed by atoms with Crippen LogP contribution < -0.4 is 0 Å². The molecule has 0 saturated carbocycles. The van der Waals surface area contributed by atoms with Crippen LogP contribution in [0.1, 0.15) is 17.2 Å². The highest BCUT2D eigenvalue weighted by Crippen LogP contribution is 2.33. The average Bonchev–Trinajstić information content (AvgIpc) is 2.41. The van der Waals surface area contributed by atoms with Crippen molar-refractivity contribution in [1.82, 2.24) is 4.90 Å². The Hall–Kier alpha value is -0.580. The van der Waals surface area contributed by atoms with Gasteiger partial charge in [0.2, 0.25) is 0 Å². The lowest BCUT2D eigenvalue weighted by Crippen LogP contribution is -2.52. The molecule has 1 aliphatic heterocycles. The van der Waals surface area contributed by atoms with Crippen molar-refractivity contribution in [3.63, 3.8) is 0 Å². The third kappa shape index (κ3) is 3.79. The number of aliphatic hydroxyl groups is 1. The quantitative estimate of drug-likeness (QED) is 0.845. The van der Waals surface area contributed by atoms with E-state index >= 15 is 0 Å². The summed E-state index contributed by atoms with van der Waals surface area (Å²) >= 11 is 11.9. The molecule has 0 aliphatic carbocycles. The second-order valence-corrected chi connectivity index (χ2v) is 5.99. The van der Waals surface area contributed by atoms with Crippen LogP contribution in [-0.2, 0) is 0 Å². The van der Waals surface area contributed by atoms with Gasteiger partial charge in [0, 0.05) is 23.1 Å². The molecule has 1 heterocycles. The Morgan fingerprint density at radius 3 is 1.57 bits per heavy atom. The lowest BCUT2D eigenvalue weighted by Gasteiger charge is -2.42. The molecule has 0 atom stereocenters. The zero-order chi connectivity index (χ0) is 14.1. The topological polar surface area (TPSA) is 23.5 Å². The normalized spacial score (nSPS) is 15.6. The molecular weight excluding hydrogens is 373 g/mol. The van der Waals surface area contributed by atoms with Crippen LogP contribution in [0.3, 0.4) is 0 Å². The molecular formula is C16H16BrCl2NO. The van der Waals surface area contributed by atoms with Crippen molar-refractivity contribution in [2.75, 3.05) is 13.1 Å². The highest BCUT2D eigenvalue weighted by atomic mass is 79.9. The number of likely N-dealkylation sites (tertiary alicyclic amines) is 1. The number of nitrogens with zero attached hydrogens (tertiary/aromatic N) is 1. The molecule has 0 amide bonds. The second-order valence-electron chi connectivity index (χ2n) is 5.11. The van der Waals surface area contributed by atoms with Crippen molar-refractivity contribution in [3.8, 4) is 0 Å². The van der Waals surface area contributed by atoms with E-state index in [1.165, 1.54) is 11.1 Å². The van der Waals surface area contributed by atoms with E-state index in [-0.39, 0.29) is 29.1 Å². The van der Waals surface area contributed by atoms with Crippen molar-refractivity contribution < 1.29 is 5.11 Å². The molecule has 0 bridgehead atoms. The monoisotopic (exact) mass is 387 g/mol. The third-order valence-corrected chi connectivity index (χ3v) is 4.13. The lowest BCUT2D eigenvalue weighted by molar-refractivity contribution is -0.0160. The van der Waals surface area contributed by atoms with Crippen LogP contribution in [0.4, 0.5) is 0 Å². The van der Waals surface area contributed by atoms with Gasteiger partial charge in [0.25, 0.3) is 0 Å². The molecule has 0 spiro atoms. The summed E-state index contributed by atoms with van der Waals surface area (Å²) in [6.45, 7) is 1.38. The van der Waals surface area contributed by atoms with Gasteiger partial charge in [-0.1, -0.05) is 47.5 Å². The van der Waals surface area contributed by atoms with Crippen LogP contribution in [0.2, 0.25) is 10.0 Å². The SMILES string of the molecule is Br.OC1CN(C(c2ccc(Cl)cc2)c2ccc(Cl)cc2)C1. The van der Waals surface area contributed by atoms with E-state index in [4.69, 9.17) is 23.2 Å². The summed E-state index contributed by atoms with van der Waals surface area (Å²) in [7, 11) is 0. The summed E-state index contributed by atoms with van der Waals surface area (Å²) in [5, 5.41) is 11.0. The zero-order valence-electron chi connectivity index (χ0n) is 11.2. The number of rotatable bonds is 3. The number of halogens is 3. The maximum atomic E-state index is 9.57. The van der Waals surface area contributed by atoms with E-state index in [9.17, 15) is 5.11 Å². The summed E-state index contributed by atoms with van der Waals surface area (Å²) in [6.07, 6.45) is -0.225. The maximum absolute atomic E-state index is 9.57. The second kappa shape index (κ2) is 7.12. The first kappa shape index (κ1) is 16.8. The number of hydrogen-bond acceptors (Lipinski definition) is 2. The van der Waals surface area contributed by atoms with E-state index in [2.05, 4.69) is 4.90 Å². The minimum absolute atomic E-state index is 0. The zero-order valence-corrected chi connectivity index (χ0v) is 14.5. The van der Waals surface area contributed by atoms with Crippen molar-refractivity contribution in [2.24, 2.45) is 0 Å². The molecule has 1 saturated heterocycles.